The molecule has 23 heavy (non-hydrogen) atoms. The van der Waals surface area contributed by atoms with Crippen LogP contribution in [-0.2, 0) is 0 Å². The van der Waals surface area contributed by atoms with Gasteiger partial charge in [0.1, 0.15) is 0 Å². The molecule has 0 spiro atoms. The molecular formula is C19H23N3O. The Balaban J connectivity index is 1.74. The second-order valence-electron chi connectivity index (χ2n) is 6.49. The SMILES string of the molecule is Cc1cncc(-c2ccc(C(=O)N3CCC(N(C)C)C3)cc2)c1. The summed E-state index contributed by atoms with van der Waals surface area (Å²) in [6, 6.07) is 10.4. The second-order valence-corrected chi connectivity index (χ2v) is 6.49. The fraction of sp³-hybridized carbons (Fsp3) is 0.368. The minimum Gasteiger partial charge on any atom is -0.337 e. The molecule has 1 aliphatic heterocycles. The van der Waals surface area contributed by atoms with E-state index in [-0.39, 0.29) is 5.91 Å². The second kappa shape index (κ2) is 6.50. The van der Waals surface area contributed by atoms with Gasteiger partial charge < -0.3 is 9.80 Å². The number of likely N-dealkylation sites (N-methyl/N-ethyl adjacent to an activating group) is 1. The maximum atomic E-state index is 12.6. The highest BCUT2D eigenvalue weighted by Gasteiger charge is 2.27. The lowest BCUT2D eigenvalue weighted by Gasteiger charge is -2.20. The molecule has 1 amide bonds. The Labute approximate surface area is 137 Å². The van der Waals surface area contributed by atoms with E-state index in [1.54, 1.807) is 0 Å². The van der Waals surface area contributed by atoms with Crippen molar-refractivity contribution in [2.45, 2.75) is 19.4 Å². The van der Waals surface area contributed by atoms with Gasteiger partial charge in [0.2, 0.25) is 0 Å². The molecule has 1 aromatic carbocycles. The monoisotopic (exact) mass is 309 g/mol. The van der Waals surface area contributed by atoms with Gasteiger partial charge in [0, 0.05) is 42.7 Å². The van der Waals surface area contributed by atoms with Gasteiger partial charge in [-0.25, -0.2) is 0 Å². The van der Waals surface area contributed by atoms with Crippen molar-refractivity contribution in [3.05, 3.63) is 53.9 Å². The predicted octanol–water partition coefficient (Wildman–Crippen LogP) is 2.83. The van der Waals surface area contributed by atoms with E-state index in [1.165, 1.54) is 0 Å². The van der Waals surface area contributed by atoms with Gasteiger partial charge in [0.25, 0.3) is 5.91 Å². The lowest BCUT2D eigenvalue weighted by molar-refractivity contribution is 0.0783. The molecule has 2 aromatic rings. The van der Waals surface area contributed by atoms with Crippen molar-refractivity contribution in [2.75, 3.05) is 27.2 Å². The van der Waals surface area contributed by atoms with Crippen LogP contribution < -0.4 is 0 Å². The summed E-state index contributed by atoms with van der Waals surface area (Å²) in [5, 5.41) is 0. The number of hydrogen-bond acceptors (Lipinski definition) is 3. The zero-order chi connectivity index (χ0) is 16.4. The third-order valence-corrected chi connectivity index (χ3v) is 4.52. The average Bonchev–Trinajstić information content (AvgIpc) is 3.04. The molecule has 0 aliphatic carbocycles. The van der Waals surface area contributed by atoms with Crippen LogP contribution in [0.3, 0.4) is 0 Å². The van der Waals surface area contributed by atoms with Crippen LogP contribution in [0.2, 0.25) is 0 Å². The van der Waals surface area contributed by atoms with Crippen molar-refractivity contribution in [3.63, 3.8) is 0 Å². The van der Waals surface area contributed by atoms with Crippen molar-refractivity contribution in [3.8, 4) is 11.1 Å². The molecule has 1 fully saturated rings. The van der Waals surface area contributed by atoms with Gasteiger partial charge in [-0.15, -0.1) is 0 Å². The van der Waals surface area contributed by atoms with Crippen molar-refractivity contribution in [1.29, 1.82) is 0 Å². The number of hydrogen-bond donors (Lipinski definition) is 0. The van der Waals surface area contributed by atoms with Crippen LogP contribution in [-0.4, -0.2) is 53.9 Å². The molecule has 120 valence electrons. The Kier molecular flexibility index (Phi) is 4.44. The van der Waals surface area contributed by atoms with Gasteiger partial charge in [0.15, 0.2) is 0 Å². The Morgan fingerprint density at radius 2 is 1.91 bits per heavy atom. The van der Waals surface area contributed by atoms with E-state index in [2.05, 4.69) is 30.0 Å². The summed E-state index contributed by atoms with van der Waals surface area (Å²) in [7, 11) is 4.15. The zero-order valence-corrected chi connectivity index (χ0v) is 14.0. The van der Waals surface area contributed by atoms with Gasteiger partial charge in [-0.1, -0.05) is 12.1 Å². The Hall–Kier alpha value is -2.20. The summed E-state index contributed by atoms with van der Waals surface area (Å²) in [5.74, 6) is 0.128. The lowest BCUT2D eigenvalue weighted by Crippen LogP contribution is -2.34. The largest absolute Gasteiger partial charge is 0.337 e. The maximum Gasteiger partial charge on any atom is 0.253 e. The summed E-state index contributed by atoms with van der Waals surface area (Å²) in [6.45, 7) is 3.68. The number of benzene rings is 1. The number of nitrogens with zero attached hydrogens (tertiary/aromatic N) is 3. The van der Waals surface area contributed by atoms with Crippen LogP contribution in [0.5, 0.6) is 0 Å². The minimum atomic E-state index is 0.128. The molecule has 0 saturated carbocycles. The molecule has 2 heterocycles. The van der Waals surface area contributed by atoms with E-state index in [1.807, 2.05) is 48.5 Å². The fourth-order valence-corrected chi connectivity index (χ4v) is 3.05. The molecule has 1 aliphatic rings. The highest BCUT2D eigenvalue weighted by Crippen LogP contribution is 2.21. The first-order valence-electron chi connectivity index (χ1n) is 8.02. The smallest absolute Gasteiger partial charge is 0.253 e. The lowest BCUT2D eigenvalue weighted by atomic mass is 10.0. The zero-order valence-electron chi connectivity index (χ0n) is 14.0. The van der Waals surface area contributed by atoms with Crippen LogP contribution in [0, 0.1) is 6.92 Å². The number of rotatable bonds is 3. The number of aryl methyl sites for hydroxylation is 1. The predicted molar refractivity (Wildman–Crippen MR) is 92.4 cm³/mol. The third-order valence-electron chi connectivity index (χ3n) is 4.52. The highest BCUT2D eigenvalue weighted by molar-refractivity contribution is 5.95. The van der Waals surface area contributed by atoms with E-state index in [4.69, 9.17) is 0 Å². The Bertz CT molecular complexity index is 694. The number of pyridine rings is 1. The number of aromatic nitrogens is 1. The normalized spacial score (nSPS) is 17.7. The van der Waals surface area contributed by atoms with E-state index in [0.29, 0.717) is 6.04 Å². The van der Waals surface area contributed by atoms with Crippen LogP contribution >= 0.6 is 0 Å². The minimum absolute atomic E-state index is 0.128. The molecular weight excluding hydrogens is 286 g/mol. The number of carbonyl (C=O) groups is 1. The summed E-state index contributed by atoms with van der Waals surface area (Å²) >= 11 is 0. The van der Waals surface area contributed by atoms with Crippen LogP contribution in [0.4, 0.5) is 0 Å². The molecule has 4 nitrogen and oxygen atoms in total. The van der Waals surface area contributed by atoms with Gasteiger partial charge in [-0.3, -0.25) is 9.78 Å². The van der Waals surface area contributed by atoms with E-state index in [0.717, 1.165) is 41.8 Å². The van der Waals surface area contributed by atoms with E-state index >= 15 is 0 Å². The molecule has 0 radical (unpaired) electrons. The quantitative estimate of drug-likeness (QED) is 0.875. The molecule has 1 atom stereocenters. The molecule has 3 rings (SSSR count). The summed E-state index contributed by atoms with van der Waals surface area (Å²) < 4.78 is 0. The van der Waals surface area contributed by atoms with Gasteiger partial charge in [-0.2, -0.15) is 0 Å². The van der Waals surface area contributed by atoms with Gasteiger partial charge >= 0.3 is 0 Å². The van der Waals surface area contributed by atoms with Gasteiger partial charge in [-0.05, 0) is 56.8 Å². The highest BCUT2D eigenvalue weighted by atomic mass is 16.2. The van der Waals surface area contributed by atoms with E-state index in [9.17, 15) is 4.79 Å². The first-order chi connectivity index (χ1) is 11.0. The first-order valence-corrected chi connectivity index (χ1v) is 8.02. The first kappa shape index (κ1) is 15.7. The maximum absolute atomic E-state index is 12.6. The molecule has 1 unspecified atom stereocenters. The van der Waals surface area contributed by atoms with Crippen LogP contribution in [0.1, 0.15) is 22.3 Å². The van der Waals surface area contributed by atoms with Crippen LogP contribution in [0.25, 0.3) is 11.1 Å². The molecule has 4 heteroatoms. The summed E-state index contributed by atoms with van der Waals surface area (Å²) in [5.41, 5.74) is 4.06. The topological polar surface area (TPSA) is 36.4 Å². The standard InChI is InChI=1S/C19H23N3O/c1-14-10-17(12-20-11-14)15-4-6-16(7-5-15)19(23)22-9-8-18(13-22)21(2)3/h4-7,10-12,18H,8-9,13H2,1-3H3. The van der Waals surface area contributed by atoms with Crippen molar-refractivity contribution in [2.24, 2.45) is 0 Å². The molecule has 1 aromatic heterocycles. The number of likely N-dealkylation sites (tertiary alicyclic amines) is 1. The van der Waals surface area contributed by atoms with Crippen LogP contribution in [0.15, 0.2) is 42.7 Å². The van der Waals surface area contributed by atoms with Crippen molar-refractivity contribution in [1.82, 2.24) is 14.8 Å². The van der Waals surface area contributed by atoms with E-state index < -0.39 is 0 Å². The third kappa shape index (κ3) is 3.42. The van der Waals surface area contributed by atoms with Crippen molar-refractivity contribution < 1.29 is 4.79 Å². The Morgan fingerprint density at radius 3 is 2.52 bits per heavy atom. The number of carbonyl (C=O) groups excluding carboxylic acids is 1. The summed E-state index contributed by atoms with van der Waals surface area (Å²) in [4.78, 5) is 21.0. The molecule has 0 bridgehead atoms. The number of amides is 1. The molecule has 0 N–H and O–H groups in total. The summed E-state index contributed by atoms with van der Waals surface area (Å²) in [6.07, 6.45) is 4.74. The van der Waals surface area contributed by atoms with Gasteiger partial charge in [0.05, 0.1) is 0 Å². The molecule has 1 saturated heterocycles. The Morgan fingerprint density at radius 1 is 1.17 bits per heavy atom. The van der Waals surface area contributed by atoms with Crippen molar-refractivity contribution >= 4 is 5.91 Å². The fourth-order valence-electron chi connectivity index (χ4n) is 3.05. The average molecular weight is 309 g/mol.